The van der Waals surface area contributed by atoms with Crippen LogP contribution in [0, 0.1) is 0 Å². The van der Waals surface area contributed by atoms with Gasteiger partial charge in [-0.15, -0.1) is 0 Å². The molecule has 2 amide bonds. The molecule has 0 atom stereocenters. The Hall–Kier alpha value is -3.08. The molecule has 2 aromatic carbocycles. The predicted molar refractivity (Wildman–Crippen MR) is 103 cm³/mol. The van der Waals surface area contributed by atoms with Crippen LogP contribution >= 0.6 is 0 Å². The van der Waals surface area contributed by atoms with Crippen molar-refractivity contribution in [3.05, 3.63) is 71.9 Å². The number of aryl methyl sites for hydroxylation is 1. The Balaban J connectivity index is 1.87. The first kappa shape index (κ1) is 17.7. The average Bonchev–Trinajstić information content (AvgIpc) is 2.98. The second kappa shape index (κ2) is 7.87. The summed E-state index contributed by atoms with van der Waals surface area (Å²) in [5, 5.41) is 3.81. The lowest BCUT2D eigenvalue weighted by atomic mass is 10.2. The Morgan fingerprint density at radius 3 is 2.42 bits per heavy atom. The van der Waals surface area contributed by atoms with Gasteiger partial charge in [0, 0.05) is 44.5 Å². The van der Waals surface area contributed by atoms with Crippen LogP contribution in [-0.4, -0.2) is 34.4 Å². The molecule has 3 rings (SSSR count). The van der Waals surface area contributed by atoms with Crippen molar-refractivity contribution in [1.82, 2.24) is 14.8 Å². The molecule has 0 radical (unpaired) electrons. The molecule has 0 aliphatic heterocycles. The number of amides is 2. The zero-order valence-corrected chi connectivity index (χ0v) is 15.1. The summed E-state index contributed by atoms with van der Waals surface area (Å²) in [6.45, 7) is 2.86. The van der Waals surface area contributed by atoms with E-state index in [1.807, 2.05) is 72.3 Å². The summed E-state index contributed by atoms with van der Waals surface area (Å²) in [7, 11) is 1.91. The number of carbonyl (C=O) groups excluding carboxylic acids is 2. The molecule has 0 aliphatic carbocycles. The van der Waals surface area contributed by atoms with Gasteiger partial charge in [-0.3, -0.25) is 9.59 Å². The van der Waals surface area contributed by atoms with E-state index in [0.717, 1.165) is 16.5 Å². The fraction of sp³-hybridized carbons (Fsp3) is 0.238. The van der Waals surface area contributed by atoms with E-state index < -0.39 is 0 Å². The van der Waals surface area contributed by atoms with Crippen molar-refractivity contribution >= 4 is 22.7 Å². The predicted octanol–water partition coefficient (Wildman–Crippen LogP) is 2.96. The third-order valence-electron chi connectivity index (χ3n) is 4.43. The van der Waals surface area contributed by atoms with Gasteiger partial charge in [-0.05, 0) is 17.7 Å². The largest absolute Gasteiger partial charge is 0.355 e. The number of fused-ring (bicyclic) bond motifs is 1. The van der Waals surface area contributed by atoms with Crippen LogP contribution in [0.3, 0.4) is 0 Å². The van der Waals surface area contributed by atoms with Gasteiger partial charge in [0.25, 0.3) is 5.91 Å². The highest BCUT2D eigenvalue weighted by Crippen LogP contribution is 2.20. The number of nitrogens with one attached hydrogen (secondary N) is 1. The molecule has 5 heteroatoms. The number of nitrogens with zero attached hydrogens (tertiary/aromatic N) is 2. The van der Waals surface area contributed by atoms with E-state index in [1.54, 1.807) is 4.90 Å². The highest BCUT2D eigenvalue weighted by atomic mass is 16.2. The second-order valence-corrected chi connectivity index (χ2v) is 6.34. The van der Waals surface area contributed by atoms with Crippen LogP contribution in [-0.2, 0) is 18.4 Å². The number of carbonyl (C=O) groups is 2. The first-order chi connectivity index (χ1) is 12.6. The minimum Gasteiger partial charge on any atom is -0.355 e. The maximum absolute atomic E-state index is 13.2. The van der Waals surface area contributed by atoms with E-state index in [1.165, 1.54) is 6.92 Å². The summed E-state index contributed by atoms with van der Waals surface area (Å²) in [6.07, 6.45) is 0. The van der Waals surface area contributed by atoms with Gasteiger partial charge < -0.3 is 14.8 Å². The van der Waals surface area contributed by atoms with Crippen LogP contribution in [0.25, 0.3) is 10.9 Å². The van der Waals surface area contributed by atoms with E-state index in [4.69, 9.17) is 0 Å². The van der Waals surface area contributed by atoms with Gasteiger partial charge in [-0.1, -0.05) is 48.5 Å². The lowest BCUT2D eigenvalue weighted by Crippen LogP contribution is -2.38. The standard InChI is InChI=1S/C21H23N3O2/c1-16(25)22-12-13-24(15-17-8-4-3-5-9-17)21(26)20-14-18-10-6-7-11-19(18)23(20)2/h3-11,14H,12-13,15H2,1-2H3,(H,22,25). The molecule has 0 fully saturated rings. The molecule has 3 aromatic rings. The van der Waals surface area contributed by atoms with Crippen LogP contribution in [0.15, 0.2) is 60.7 Å². The highest BCUT2D eigenvalue weighted by molar-refractivity contribution is 5.98. The Labute approximate surface area is 153 Å². The molecule has 1 aromatic heterocycles. The first-order valence-corrected chi connectivity index (χ1v) is 8.68. The molecule has 26 heavy (non-hydrogen) atoms. The third kappa shape index (κ3) is 3.94. The van der Waals surface area contributed by atoms with Crippen molar-refractivity contribution in [2.24, 2.45) is 7.05 Å². The molecule has 0 bridgehead atoms. The zero-order chi connectivity index (χ0) is 18.5. The van der Waals surface area contributed by atoms with E-state index >= 15 is 0 Å². The van der Waals surface area contributed by atoms with Gasteiger partial charge >= 0.3 is 0 Å². The third-order valence-corrected chi connectivity index (χ3v) is 4.43. The van der Waals surface area contributed by atoms with Crippen molar-refractivity contribution < 1.29 is 9.59 Å². The number of aromatic nitrogens is 1. The number of hydrogen-bond acceptors (Lipinski definition) is 2. The van der Waals surface area contributed by atoms with Gasteiger partial charge in [0.2, 0.25) is 5.91 Å². The van der Waals surface area contributed by atoms with Crippen LogP contribution in [0.5, 0.6) is 0 Å². The fourth-order valence-electron chi connectivity index (χ4n) is 3.08. The molecular formula is C21H23N3O2. The Kier molecular flexibility index (Phi) is 5.37. The normalized spacial score (nSPS) is 10.7. The Bertz CT molecular complexity index is 915. The quantitative estimate of drug-likeness (QED) is 0.744. The number of rotatable bonds is 6. The van der Waals surface area contributed by atoms with Gasteiger partial charge in [0.15, 0.2) is 0 Å². The van der Waals surface area contributed by atoms with Crippen LogP contribution in [0.1, 0.15) is 23.0 Å². The molecule has 0 saturated heterocycles. The van der Waals surface area contributed by atoms with Gasteiger partial charge in [-0.25, -0.2) is 0 Å². The van der Waals surface area contributed by atoms with Crippen molar-refractivity contribution in [2.75, 3.05) is 13.1 Å². The molecule has 0 aliphatic rings. The van der Waals surface area contributed by atoms with Crippen LogP contribution in [0.2, 0.25) is 0 Å². The molecule has 1 heterocycles. The second-order valence-electron chi connectivity index (χ2n) is 6.34. The van der Waals surface area contributed by atoms with E-state index in [9.17, 15) is 9.59 Å². The number of hydrogen-bond donors (Lipinski definition) is 1. The molecule has 0 unspecified atom stereocenters. The molecule has 134 valence electrons. The monoisotopic (exact) mass is 349 g/mol. The SMILES string of the molecule is CC(=O)NCCN(Cc1ccccc1)C(=O)c1cc2ccccc2n1C. The summed E-state index contributed by atoms with van der Waals surface area (Å²) in [4.78, 5) is 26.2. The lowest BCUT2D eigenvalue weighted by Gasteiger charge is -2.23. The van der Waals surface area contributed by atoms with Gasteiger partial charge in [0.1, 0.15) is 5.69 Å². The van der Waals surface area contributed by atoms with Crippen LogP contribution in [0.4, 0.5) is 0 Å². The minimum absolute atomic E-state index is 0.0436. The summed E-state index contributed by atoms with van der Waals surface area (Å²) in [6, 6.07) is 19.7. The van der Waals surface area contributed by atoms with E-state index in [0.29, 0.717) is 25.3 Å². The smallest absolute Gasteiger partial charge is 0.270 e. The summed E-state index contributed by atoms with van der Waals surface area (Å²) >= 11 is 0. The summed E-state index contributed by atoms with van der Waals surface area (Å²) < 4.78 is 1.92. The van der Waals surface area contributed by atoms with Gasteiger partial charge in [-0.2, -0.15) is 0 Å². The van der Waals surface area contributed by atoms with E-state index in [-0.39, 0.29) is 11.8 Å². The molecule has 0 saturated carbocycles. The lowest BCUT2D eigenvalue weighted by molar-refractivity contribution is -0.119. The molecule has 1 N–H and O–H groups in total. The minimum atomic E-state index is -0.0956. The topological polar surface area (TPSA) is 54.3 Å². The van der Waals surface area contributed by atoms with Crippen molar-refractivity contribution in [2.45, 2.75) is 13.5 Å². The maximum atomic E-state index is 13.2. The van der Waals surface area contributed by atoms with Crippen molar-refractivity contribution in [3.63, 3.8) is 0 Å². The number of benzene rings is 2. The molecule has 5 nitrogen and oxygen atoms in total. The van der Waals surface area contributed by atoms with Crippen LogP contribution < -0.4 is 5.32 Å². The maximum Gasteiger partial charge on any atom is 0.270 e. The van der Waals surface area contributed by atoms with Gasteiger partial charge in [0.05, 0.1) is 0 Å². The highest BCUT2D eigenvalue weighted by Gasteiger charge is 2.20. The van der Waals surface area contributed by atoms with Crippen molar-refractivity contribution in [3.8, 4) is 0 Å². The fourth-order valence-corrected chi connectivity index (χ4v) is 3.08. The summed E-state index contributed by atoms with van der Waals surface area (Å²) in [5.74, 6) is -0.139. The Morgan fingerprint density at radius 1 is 1.04 bits per heavy atom. The molecule has 0 spiro atoms. The first-order valence-electron chi connectivity index (χ1n) is 8.68. The zero-order valence-electron chi connectivity index (χ0n) is 15.1. The molecular weight excluding hydrogens is 326 g/mol. The summed E-state index contributed by atoms with van der Waals surface area (Å²) in [5.41, 5.74) is 2.73. The average molecular weight is 349 g/mol. The van der Waals surface area contributed by atoms with E-state index in [2.05, 4.69) is 5.32 Å². The Morgan fingerprint density at radius 2 is 1.73 bits per heavy atom. The van der Waals surface area contributed by atoms with Crippen molar-refractivity contribution in [1.29, 1.82) is 0 Å². The number of para-hydroxylation sites is 1.